The van der Waals surface area contributed by atoms with E-state index in [2.05, 4.69) is 10.6 Å². The number of halogens is 2. The van der Waals surface area contributed by atoms with Crippen molar-refractivity contribution in [1.29, 1.82) is 0 Å². The number of anilines is 1. The third-order valence-electron chi connectivity index (χ3n) is 4.51. The number of carbonyl (C=O) groups excluding carboxylic acids is 2. The number of rotatable bonds is 4. The predicted octanol–water partition coefficient (Wildman–Crippen LogP) is 4.28. The highest BCUT2D eigenvalue weighted by Crippen LogP contribution is 2.19. The van der Waals surface area contributed by atoms with Crippen molar-refractivity contribution in [2.75, 3.05) is 5.32 Å². The van der Waals surface area contributed by atoms with Crippen LogP contribution >= 0.6 is 0 Å². The summed E-state index contributed by atoms with van der Waals surface area (Å²) in [7, 11) is 0. The quantitative estimate of drug-likeness (QED) is 0.857. The molecule has 2 aromatic carbocycles. The topological polar surface area (TPSA) is 58.2 Å². The molecule has 4 nitrogen and oxygen atoms in total. The van der Waals surface area contributed by atoms with Crippen molar-refractivity contribution < 1.29 is 18.4 Å². The van der Waals surface area contributed by atoms with Gasteiger partial charge < -0.3 is 10.6 Å². The second kappa shape index (κ2) is 8.08. The molecule has 0 aliphatic heterocycles. The molecule has 0 radical (unpaired) electrons. The molecule has 6 heteroatoms. The molecule has 1 aliphatic rings. The lowest BCUT2D eigenvalue weighted by Gasteiger charge is -2.22. The van der Waals surface area contributed by atoms with Gasteiger partial charge in [-0.15, -0.1) is 0 Å². The zero-order valence-corrected chi connectivity index (χ0v) is 14.2. The predicted molar refractivity (Wildman–Crippen MR) is 95.1 cm³/mol. The summed E-state index contributed by atoms with van der Waals surface area (Å²) in [5.41, 5.74) is 0.487. The maximum absolute atomic E-state index is 13.7. The fourth-order valence-corrected chi connectivity index (χ4v) is 3.10. The van der Waals surface area contributed by atoms with E-state index in [9.17, 15) is 18.4 Å². The Bertz CT molecular complexity index is 817. The van der Waals surface area contributed by atoms with Crippen LogP contribution in [0.1, 0.15) is 52.8 Å². The van der Waals surface area contributed by atoms with Gasteiger partial charge in [0.25, 0.3) is 11.8 Å². The summed E-state index contributed by atoms with van der Waals surface area (Å²) in [5.74, 6) is -2.37. The first-order chi connectivity index (χ1) is 12.5. The SMILES string of the molecule is O=C(Nc1ccc(F)cc1F)c1cccc(C(=O)NC2CCCCC2)c1. The van der Waals surface area contributed by atoms with Crippen molar-refractivity contribution in [1.82, 2.24) is 5.32 Å². The summed E-state index contributed by atoms with van der Waals surface area (Å²) in [6, 6.07) is 9.32. The third kappa shape index (κ3) is 4.45. The fraction of sp³-hybridized carbons (Fsp3) is 0.300. The second-order valence-electron chi connectivity index (χ2n) is 6.47. The van der Waals surface area contributed by atoms with Gasteiger partial charge in [0.2, 0.25) is 0 Å². The molecule has 0 spiro atoms. The minimum Gasteiger partial charge on any atom is -0.349 e. The summed E-state index contributed by atoms with van der Waals surface area (Å²) >= 11 is 0. The lowest BCUT2D eigenvalue weighted by atomic mass is 9.95. The number of nitrogens with one attached hydrogen (secondary N) is 2. The van der Waals surface area contributed by atoms with Crippen molar-refractivity contribution in [3.8, 4) is 0 Å². The Morgan fingerprint density at radius 1 is 0.885 bits per heavy atom. The Morgan fingerprint density at radius 3 is 2.27 bits per heavy atom. The van der Waals surface area contributed by atoms with Gasteiger partial charge in [0.15, 0.2) is 0 Å². The van der Waals surface area contributed by atoms with Crippen molar-refractivity contribution in [2.45, 2.75) is 38.1 Å². The van der Waals surface area contributed by atoms with Crippen molar-refractivity contribution >= 4 is 17.5 Å². The van der Waals surface area contributed by atoms with Crippen LogP contribution in [0.2, 0.25) is 0 Å². The normalized spacial score (nSPS) is 14.7. The molecule has 3 rings (SSSR count). The molecule has 136 valence electrons. The van der Waals surface area contributed by atoms with Gasteiger partial charge in [-0.2, -0.15) is 0 Å². The van der Waals surface area contributed by atoms with E-state index in [4.69, 9.17) is 0 Å². The van der Waals surface area contributed by atoms with Gasteiger partial charge in [0.1, 0.15) is 11.6 Å². The Morgan fingerprint density at radius 2 is 1.58 bits per heavy atom. The molecule has 1 saturated carbocycles. The minimum atomic E-state index is -0.857. The first-order valence-electron chi connectivity index (χ1n) is 8.70. The summed E-state index contributed by atoms with van der Waals surface area (Å²) in [5, 5.41) is 5.38. The molecule has 26 heavy (non-hydrogen) atoms. The highest BCUT2D eigenvalue weighted by atomic mass is 19.1. The largest absolute Gasteiger partial charge is 0.349 e. The maximum atomic E-state index is 13.7. The van der Waals surface area contributed by atoms with E-state index in [0.717, 1.165) is 37.8 Å². The number of amides is 2. The lowest BCUT2D eigenvalue weighted by Crippen LogP contribution is -2.36. The van der Waals surface area contributed by atoms with Gasteiger partial charge in [-0.3, -0.25) is 9.59 Å². The van der Waals surface area contributed by atoms with Gasteiger partial charge in [-0.05, 0) is 43.2 Å². The minimum absolute atomic E-state index is 0.117. The summed E-state index contributed by atoms with van der Waals surface area (Å²) in [6.45, 7) is 0. The molecule has 0 bridgehead atoms. The van der Waals surface area contributed by atoms with Crippen LogP contribution < -0.4 is 10.6 Å². The highest BCUT2D eigenvalue weighted by molar-refractivity contribution is 6.06. The van der Waals surface area contributed by atoms with Crippen molar-refractivity contribution in [3.63, 3.8) is 0 Å². The molecule has 0 unspecified atom stereocenters. The van der Waals surface area contributed by atoms with Gasteiger partial charge >= 0.3 is 0 Å². The summed E-state index contributed by atoms with van der Waals surface area (Å²) in [6.07, 6.45) is 5.35. The van der Waals surface area contributed by atoms with Crippen LogP contribution in [-0.4, -0.2) is 17.9 Å². The molecule has 2 aromatic rings. The zero-order chi connectivity index (χ0) is 18.5. The van der Waals surface area contributed by atoms with Crippen LogP contribution in [0.15, 0.2) is 42.5 Å². The molecule has 0 saturated heterocycles. The third-order valence-corrected chi connectivity index (χ3v) is 4.51. The van der Waals surface area contributed by atoms with Crippen LogP contribution in [-0.2, 0) is 0 Å². The van der Waals surface area contributed by atoms with Crippen LogP contribution in [0, 0.1) is 11.6 Å². The first-order valence-corrected chi connectivity index (χ1v) is 8.70. The molecule has 2 N–H and O–H groups in total. The molecule has 0 aromatic heterocycles. The van der Waals surface area contributed by atoms with Gasteiger partial charge in [0.05, 0.1) is 5.69 Å². The van der Waals surface area contributed by atoms with Gasteiger partial charge in [-0.1, -0.05) is 25.3 Å². The van der Waals surface area contributed by atoms with E-state index in [1.807, 2.05) is 0 Å². The molecule has 0 heterocycles. The number of benzene rings is 2. The number of hydrogen-bond donors (Lipinski definition) is 2. The number of hydrogen-bond acceptors (Lipinski definition) is 2. The second-order valence-corrected chi connectivity index (χ2v) is 6.47. The maximum Gasteiger partial charge on any atom is 0.255 e. The van der Waals surface area contributed by atoms with Crippen LogP contribution in [0.5, 0.6) is 0 Å². The highest BCUT2D eigenvalue weighted by Gasteiger charge is 2.18. The van der Waals surface area contributed by atoms with Gasteiger partial charge in [0, 0.05) is 23.2 Å². The summed E-state index contributed by atoms with van der Waals surface area (Å²) in [4.78, 5) is 24.7. The van der Waals surface area contributed by atoms with Crippen molar-refractivity contribution in [3.05, 3.63) is 65.2 Å². The smallest absolute Gasteiger partial charge is 0.255 e. The van der Waals surface area contributed by atoms with Crippen LogP contribution in [0.3, 0.4) is 0 Å². The van der Waals surface area contributed by atoms with Crippen molar-refractivity contribution in [2.24, 2.45) is 0 Å². The lowest BCUT2D eigenvalue weighted by molar-refractivity contribution is 0.0927. The Hall–Kier alpha value is -2.76. The van der Waals surface area contributed by atoms with E-state index in [1.54, 1.807) is 12.1 Å². The molecule has 1 fully saturated rings. The molecule has 0 atom stereocenters. The van der Waals surface area contributed by atoms with E-state index in [0.29, 0.717) is 11.6 Å². The first kappa shape index (κ1) is 18.0. The Balaban J connectivity index is 1.69. The van der Waals surface area contributed by atoms with Crippen LogP contribution in [0.4, 0.5) is 14.5 Å². The molecular weight excluding hydrogens is 338 g/mol. The zero-order valence-electron chi connectivity index (χ0n) is 14.2. The van der Waals surface area contributed by atoms with E-state index in [-0.39, 0.29) is 23.2 Å². The average Bonchev–Trinajstić information content (AvgIpc) is 2.65. The monoisotopic (exact) mass is 358 g/mol. The fourth-order valence-electron chi connectivity index (χ4n) is 3.10. The average molecular weight is 358 g/mol. The van der Waals surface area contributed by atoms with E-state index in [1.165, 1.54) is 18.6 Å². The molecular formula is C20H20F2N2O2. The standard InChI is InChI=1S/C20H20F2N2O2/c21-15-9-10-18(17(22)12-15)24-20(26)14-6-4-5-13(11-14)19(25)23-16-7-2-1-3-8-16/h4-6,9-12,16H,1-3,7-8H2,(H,23,25)(H,24,26). The number of carbonyl (C=O) groups is 2. The summed E-state index contributed by atoms with van der Waals surface area (Å²) < 4.78 is 26.6. The Kier molecular flexibility index (Phi) is 5.61. The van der Waals surface area contributed by atoms with E-state index >= 15 is 0 Å². The molecule has 2 amide bonds. The van der Waals surface area contributed by atoms with Crippen LogP contribution in [0.25, 0.3) is 0 Å². The molecule has 1 aliphatic carbocycles. The van der Waals surface area contributed by atoms with Gasteiger partial charge in [-0.25, -0.2) is 8.78 Å². The Labute approximate surface area is 150 Å². The van der Waals surface area contributed by atoms with E-state index < -0.39 is 17.5 Å².